The lowest BCUT2D eigenvalue weighted by Gasteiger charge is -2.40. The molecule has 1 N–H and O–H groups in total. The first-order valence-electron chi connectivity index (χ1n) is 16.8. The monoisotopic (exact) mass is 646 g/mol. The molecule has 2 fully saturated rings. The lowest BCUT2D eigenvalue weighted by molar-refractivity contribution is -0.148. The number of amides is 3. The summed E-state index contributed by atoms with van der Waals surface area (Å²) in [5.41, 5.74) is 0.559. The van der Waals surface area contributed by atoms with Crippen LogP contribution in [0.3, 0.4) is 0 Å². The van der Waals surface area contributed by atoms with Crippen LogP contribution >= 0.6 is 0 Å². The van der Waals surface area contributed by atoms with Crippen LogP contribution in [0.4, 0.5) is 17.1 Å². The Bertz CT molecular complexity index is 1740. The molecule has 248 valence electrons. The van der Waals surface area contributed by atoms with Crippen molar-refractivity contribution in [1.29, 1.82) is 0 Å². The van der Waals surface area contributed by atoms with E-state index in [-0.39, 0.29) is 24.3 Å². The molecule has 0 bridgehead atoms. The Hall–Kier alpha value is -4.73. The molecule has 4 heterocycles. The van der Waals surface area contributed by atoms with Crippen molar-refractivity contribution in [2.45, 2.75) is 44.1 Å². The molecule has 0 radical (unpaired) electrons. The zero-order chi connectivity index (χ0) is 33.6. The summed E-state index contributed by atoms with van der Waals surface area (Å²) in [4.78, 5) is 51.9. The van der Waals surface area contributed by atoms with Gasteiger partial charge in [-0.1, -0.05) is 72.8 Å². The summed E-state index contributed by atoms with van der Waals surface area (Å²) in [5.74, 6) is -2.86. The van der Waals surface area contributed by atoms with E-state index in [9.17, 15) is 9.90 Å². The molecule has 0 aromatic heterocycles. The van der Waals surface area contributed by atoms with Gasteiger partial charge in [0, 0.05) is 43.2 Å². The van der Waals surface area contributed by atoms with Gasteiger partial charge in [0.2, 0.25) is 11.8 Å². The van der Waals surface area contributed by atoms with Gasteiger partial charge >= 0.3 is 0 Å². The fraction of sp³-hybridized carbons (Fsp3) is 0.359. The maximum absolute atomic E-state index is 15.1. The van der Waals surface area contributed by atoms with Crippen molar-refractivity contribution in [3.63, 3.8) is 0 Å². The highest BCUT2D eigenvalue weighted by molar-refractivity contribution is 6.07. The van der Waals surface area contributed by atoms with E-state index in [0.717, 1.165) is 24.5 Å². The lowest BCUT2D eigenvalue weighted by atomic mass is 9.74. The Morgan fingerprint density at radius 1 is 0.771 bits per heavy atom. The predicted molar refractivity (Wildman–Crippen MR) is 186 cm³/mol. The molecule has 3 aromatic carbocycles. The Morgan fingerprint density at radius 3 is 1.98 bits per heavy atom. The van der Waals surface area contributed by atoms with E-state index in [1.165, 1.54) is 4.90 Å². The number of aliphatic hydroxyl groups is 1. The number of hydrogen-bond acceptors (Lipinski definition) is 6. The summed E-state index contributed by atoms with van der Waals surface area (Å²) < 4.78 is 7.03. The van der Waals surface area contributed by atoms with Gasteiger partial charge in [-0.25, -0.2) is 0 Å². The predicted octanol–water partition coefficient (Wildman–Crippen LogP) is 4.74. The Labute approximate surface area is 281 Å². The molecule has 7 rings (SSSR count). The molecule has 3 aromatic rings. The molecule has 0 saturated carbocycles. The van der Waals surface area contributed by atoms with E-state index >= 15 is 9.59 Å². The van der Waals surface area contributed by atoms with Crippen molar-refractivity contribution in [3.8, 4) is 0 Å². The van der Waals surface area contributed by atoms with Crippen molar-refractivity contribution in [3.05, 3.63) is 115 Å². The number of carbonyl (C=O) groups is 3. The average Bonchev–Trinajstić information content (AvgIpc) is 3.38. The minimum absolute atomic E-state index is 0.237. The van der Waals surface area contributed by atoms with Gasteiger partial charge in [0.05, 0.1) is 30.1 Å². The van der Waals surface area contributed by atoms with Crippen LogP contribution in [0.1, 0.15) is 32.4 Å². The Balaban J connectivity index is 1.36. The number of fused-ring (bicyclic) bond motifs is 2. The van der Waals surface area contributed by atoms with Gasteiger partial charge in [-0.3, -0.25) is 14.4 Å². The third-order valence-corrected chi connectivity index (χ3v) is 10.5. The molecular weight excluding hydrogens is 604 g/mol. The molecular formula is C39H42N4O5. The number of nitrogens with zero attached hydrogens (tertiary/aromatic N) is 4. The smallest absolute Gasteiger partial charge is 0.253 e. The fourth-order valence-electron chi connectivity index (χ4n) is 8.33. The van der Waals surface area contributed by atoms with Gasteiger partial charge in [0.1, 0.15) is 11.6 Å². The SMILES string of the molecule is CCN(CC)c1ccc(N2CC=C[C@]34O[C@]5(C)C=CCN(c6ccccc6)C(=O)[C@@H]5[C@H]3C(=O)N([C@H](CO)c3ccccc3)C4C2=O)cc1. The van der Waals surface area contributed by atoms with Crippen LogP contribution in [0.5, 0.6) is 0 Å². The van der Waals surface area contributed by atoms with E-state index in [0.29, 0.717) is 17.8 Å². The van der Waals surface area contributed by atoms with Crippen LogP contribution in [-0.2, 0) is 19.1 Å². The highest BCUT2D eigenvalue weighted by atomic mass is 16.5. The number of ether oxygens (including phenoxy) is 1. The summed E-state index contributed by atoms with van der Waals surface area (Å²) in [6.07, 6.45) is 7.52. The van der Waals surface area contributed by atoms with E-state index in [1.807, 2.05) is 116 Å². The maximum Gasteiger partial charge on any atom is 0.253 e. The molecule has 0 aliphatic carbocycles. The topological polar surface area (TPSA) is 93.6 Å². The van der Waals surface area contributed by atoms with Gasteiger partial charge < -0.3 is 29.4 Å². The van der Waals surface area contributed by atoms with Gasteiger partial charge in [-0.2, -0.15) is 0 Å². The van der Waals surface area contributed by atoms with Crippen molar-refractivity contribution in [2.75, 3.05) is 47.5 Å². The maximum atomic E-state index is 15.1. The normalized spacial score (nSPS) is 28.5. The highest BCUT2D eigenvalue weighted by Crippen LogP contribution is 2.59. The number of para-hydroxylation sites is 1. The number of benzene rings is 3. The number of likely N-dealkylation sites (tertiary alicyclic amines) is 1. The van der Waals surface area contributed by atoms with Gasteiger partial charge in [0.15, 0.2) is 0 Å². The highest BCUT2D eigenvalue weighted by Gasteiger charge is 2.75. The quantitative estimate of drug-likeness (QED) is 0.356. The number of carbonyl (C=O) groups excluding carboxylic acids is 3. The summed E-state index contributed by atoms with van der Waals surface area (Å²) in [6.45, 7) is 7.95. The molecule has 48 heavy (non-hydrogen) atoms. The van der Waals surface area contributed by atoms with E-state index in [2.05, 4.69) is 18.7 Å². The Kier molecular flexibility index (Phi) is 8.21. The molecule has 2 saturated heterocycles. The summed E-state index contributed by atoms with van der Waals surface area (Å²) >= 11 is 0. The van der Waals surface area contributed by atoms with Crippen LogP contribution in [0.15, 0.2) is 109 Å². The number of anilines is 3. The molecule has 4 aliphatic heterocycles. The lowest BCUT2D eigenvalue weighted by Crippen LogP contribution is -2.57. The third-order valence-electron chi connectivity index (χ3n) is 10.5. The largest absolute Gasteiger partial charge is 0.394 e. The zero-order valence-electron chi connectivity index (χ0n) is 27.6. The second-order valence-electron chi connectivity index (χ2n) is 13.1. The van der Waals surface area contributed by atoms with Crippen LogP contribution in [-0.4, -0.2) is 77.8 Å². The van der Waals surface area contributed by atoms with Crippen molar-refractivity contribution in [1.82, 2.24) is 4.90 Å². The second-order valence-corrected chi connectivity index (χ2v) is 13.1. The minimum Gasteiger partial charge on any atom is -0.394 e. The van der Waals surface area contributed by atoms with E-state index in [1.54, 1.807) is 9.80 Å². The second kappa shape index (κ2) is 12.4. The zero-order valence-corrected chi connectivity index (χ0v) is 27.6. The van der Waals surface area contributed by atoms with E-state index in [4.69, 9.17) is 4.74 Å². The first kappa shape index (κ1) is 31.8. The number of rotatable bonds is 8. The Morgan fingerprint density at radius 2 is 1.35 bits per heavy atom. The van der Waals surface area contributed by atoms with Crippen LogP contribution in [0, 0.1) is 11.8 Å². The molecule has 3 amide bonds. The van der Waals surface area contributed by atoms with Crippen LogP contribution in [0.2, 0.25) is 0 Å². The minimum atomic E-state index is -1.45. The molecule has 9 heteroatoms. The van der Waals surface area contributed by atoms with Crippen LogP contribution in [0.25, 0.3) is 0 Å². The van der Waals surface area contributed by atoms with Gasteiger partial charge in [-0.15, -0.1) is 0 Å². The third kappa shape index (κ3) is 4.87. The van der Waals surface area contributed by atoms with Crippen molar-refractivity contribution < 1.29 is 24.2 Å². The van der Waals surface area contributed by atoms with Crippen molar-refractivity contribution in [2.24, 2.45) is 11.8 Å². The summed E-state index contributed by atoms with van der Waals surface area (Å²) in [6, 6.07) is 24.6. The standard InChI is InChI=1S/C39H42N4O5/c1-4-40(5-2)28-18-20-30(21-19-28)42-25-13-23-39-33(36(46)43(34(39)37(42)47)31(26-44)27-14-8-6-9-15-27)32-35(45)41(29-16-10-7-11-17-29)24-12-22-38(32,3)48-39/h6-23,31-34,44H,4-5,24-26H2,1-3H3/t31-,32+,33+,34?,38-,39+/m1/s1. The molecule has 1 unspecified atom stereocenters. The van der Waals surface area contributed by atoms with E-state index < -0.39 is 41.7 Å². The van der Waals surface area contributed by atoms with Gasteiger partial charge in [-0.05, 0) is 62.7 Å². The van der Waals surface area contributed by atoms with Crippen molar-refractivity contribution >= 4 is 34.8 Å². The molecule has 6 atom stereocenters. The first-order valence-corrected chi connectivity index (χ1v) is 16.8. The molecule has 1 spiro atoms. The molecule has 9 nitrogen and oxygen atoms in total. The number of aliphatic hydroxyl groups excluding tert-OH is 1. The summed E-state index contributed by atoms with van der Waals surface area (Å²) in [7, 11) is 0. The first-order chi connectivity index (χ1) is 23.3. The summed E-state index contributed by atoms with van der Waals surface area (Å²) in [5, 5.41) is 10.9. The fourth-order valence-corrected chi connectivity index (χ4v) is 8.33. The number of hydrogen-bond donors (Lipinski definition) is 1. The van der Waals surface area contributed by atoms with Gasteiger partial charge in [0.25, 0.3) is 5.91 Å². The average molecular weight is 647 g/mol. The molecule has 4 aliphatic rings. The van der Waals surface area contributed by atoms with Crippen LogP contribution < -0.4 is 14.7 Å².